The van der Waals surface area contributed by atoms with Crippen LogP contribution in [0, 0.1) is 215 Å². The zero-order chi connectivity index (χ0) is 0. The molecule has 0 aromatic carbocycles. The summed E-state index contributed by atoms with van der Waals surface area (Å²) < 4.78 is 0. The molecule has 352 valence electrons. The molecular weight excluding hydrogens is 2040 g/mol. The first-order valence-corrected chi connectivity index (χ1v) is 0. The Morgan fingerprint density at radius 2 is 0.0816 bits per heavy atom. The summed E-state index contributed by atoms with van der Waals surface area (Å²) in [7, 11) is 0. The third-order valence-corrected chi connectivity index (χ3v) is 0. The summed E-state index contributed by atoms with van der Waals surface area (Å²) in [6.07, 6.45) is 0. The van der Waals surface area contributed by atoms with Crippen LogP contribution in [0.4, 0.5) is 0 Å². The largest absolute Gasteiger partial charge is 5.00 e. The van der Waals surface area contributed by atoms with Gasteiger partial charge in [-0.25, -0.2) is 0 Å². The minimum absolute atomic E-state index is 0. The Morgan fingerprint density at radius 1 is 0.0816 bits per heavy atom. The van der Waals surface area contributed by atoms with Gasteiger partial charge < -0.3 is 283 Å². The van der Waals surface area contributed by atoms with Crippen molar-refractivity contribution in [3.8, 4) is 0 Å². The van der Waals surface area contributed by atoms with Crippen LogP contribution in [0.2, 0.25) is 0 Å². The number of rotatable bonds is 0. The Kier molecular flexibility index (Phi) is 911000. The average Bonchev–Trinajstić information content (AvgIpc) is 0. The Morgan fingerprint density at radius 3 is 0.0816 bits per heavy atom. The van der Waals surface area contributed by atoms with Crippen LogP contribution in [-0.2, 0) is 158 Å². The van der Waals surface area contributed by atoms with E-state index in [1.807, 2.05) is 0 Å². The van der Waals surface area contributed by atoms with Gasteiger partial charge in [-0.3, -0.25) is 0 Å². The van der Waals surface area contributed by atoms with Gasteiger partial charge in [0.1, 0.15) is 0 Å². The van der Waals surface area contributed by atoms with Crippen molar-refractivity contribution in [3.05, 3.63) is 283 Å². The fourth-order valence-electron chi connectivity index (χ4n) is 0. The molecule has 19 heteroatoms. The van der Waals surface area contributed by atoms with Crippen molar-refractivity contribution in [3.63, 3.8) is 0 Å². The van der Waals surface area contributed by atoms with Crippen molar-refractivity contribution in [2.75, 3.05) is 0 Å². The van der Waals surface area contributed by atoms with Crippen molar-refractivity contribution in [2.24, 2.45) is 0 Å². The molecule has 11 nitrogen and oxygen atoms in total. The molecule has 0 bridgehead atoms. The fourth-order valence-corrected chi connectivity index (χ4v) is 0. The summed E-state index contributed by atoms with van der Waals surface area (Å²) in [4.78, 5) is 0. The van der Waals surface area contributed by atoms with E-state index in [1.54, 1.807) is 0 Å². The predicted molar refractivity (Wildman–Crippen MR) is 251 cm³/mol. The van der Waals surface area contributed by atoms with Gasteiger partial charge in [-0.1, -0.05) is 7.43 Å². The minimum Gasteiger partial charge on any atom is -0.693 e. The van der Waals surface area contributed by atoms with Gasteiger partial charge in [-0.2, -0.15) is 0 Å². The first-order chi connectivity index (χ1) is 0. The molecule has 22 N–H and O–H groups in total. The number of hydrogen-bond donors (Lipinski definition) is 0. The van der Waals surface area contributed by atoms with Gasteiger partial charge >= 0.3 is 158 Å². The summed E-state index contributed by atoms with van der Waals surface area (Å²) in [5.74, 6) is 0. The van der Waals surface area contributed by atoms with E-state index in [4.69, 9.17) is 0 Å². The molecule has 0 spiro atoms. The number of nitrogens with two attached hydrogens (primary N) is 11. The molecule has 0 saturated carbocycles. The first-order valence-electron chi connectivity index (χ1n) is 0. The van der Waals surface area contributed by atoms with E-state index >= 15 is 0 Å². The molecule has 0 aromatic heterocycles. The van der Waals surface area contributed by atoms with Crippen LogP contribution in [-0.4, -0.2) is 0 Å². The van der Waals surface area contributed by atoms with Crippen LogP contribution in [0.1, 0.15) is 7.43 Å². The SMILES string of the molecule is C.[CH3-].[CH3-].[CH3-].[CH3-].[CH3-].[CH3-].[CH3-].[CH3-].[CH3-].[CH3-].[CH3-].[CH3-].[CH3-].[CH3-].[CH3-].[CH3-].[CH3-].[CH3-].[CH3-].[CH3-].[CH3-].[CH3-].[CH3-].[CH3-].[CH3-].[CH3-].[CH3-].[CH3-].[CH3-].[NH2-].[NH2-].[NH2-].[NH2-].[NH2-].[NH2-].[NH2-].[NH2-].[NH2-].[NH2-].[NH2-].[Os+5].[Os+5].[Os+5].[Os+5].[Os+5].[Os+5].[Os+5].[Os+5]. The van der Waals surface area contributed by atoms with Crippen molar-refractivity contribution < 1.29 is 158 Å². The van der Waals surface area contributed by atoms with Gasteiger partial charge in [0.25, 0.3) is 0 Å². The summed E-state index contributed by atoms with van der Waals surface area (Å²) in [6, 6.07) is 0. The maximum atomic E-state index is 0. The molecule has 0 heterocycles. The molecular formula is C30H113N11Os8. The van der Waals surface area contributed by atoms with Crippen LogP contribution in [0.3, 0.4) is 0 Å². The van der Waals surface area contributed by atoms with Crippen LogP contribution < -0.4 is 0 Å². The normalized spacial score (nSPS) is 0. The summed E-state index contributed by atoms with van der Waals surface area (Å²) in [5, 5.41) is 0. The molecule has 0 aliphatic carbocycles. The zero-order valence-electron chi connectivity index (χ0n) is 38.2. The third-order valence-electron chi connectivity index (χ3n) is 0. The van der Waals surface area contributed by atoms with Gasteiger partial charge in [-0.05, 0) is 0 Å². The van der Waals surface area contributed by atoms with Crippen molar-refractivity contribution in [2.45, 2.75) is 7.43 Å². The second-order valence-corrected chi connectivity index (χ2v) is 0. The smallest absolute Gasteiger partial charge is 0.693 e. The molecule has 0 atom stereocenters. The van der Waals surface area contributed by atoms with E-state index in [-0.39, 0.29) is 449 Å². The van der Waals surface area contributed by atoms with Gasteiger partial charge in [0, 0.05) is 0 Å². The Hall–Kier alpha value is 4.65. The predicted octanol–water partition coefficient (Wildman–Crippen LogP) is 21.6. The molecule has 0 aliphatic rings. The molecule has 0 unspecified atom stereocenters. The van der Waals surface area contributed by atoms with Crippen LogP contribution in [0.15, 0.2) is 0 Å². The Balaban J connectivity index is 0. The molecule has 0 fully saturated rings. The third kappa shape index (κ3) is 6240. The summed E-state index contributed by atoms with van der Waals surface area (Å²) in [6.45, 7) is 0. The molecule has 0 rings (SSSR count). The average molecular weight is 2150 g/mol. The molecule has 0 aliphatic heterocycles. The standard InChI is InChI=1S/CH4.29CH3.11H2N.8Os/h1H4;29*1H3;11*1H2;;;;;;;;/q;40*-1;8*+5. The van der Waals surface area contributed by atoms with Gasteiger partial charge in [-0.15, -0.1) is 0 Å². The summed E-state index contributed by atoms with van der Waals surface area (Å²) in [5.41, 5.74) is 0. The molecule has 0 aromatic rings. The minimum atomic E-state index is 0. The van der Waals surface area contributed by atoms with E-state index in [0.29, 0.717) is 0 Å². The van der Waals surface area contributed by atoms with E-state index in [9.17, 15) is 0 Å². The second kappa shape index (κ2) is 6490. The number of hydrogen-bond acceptors (Lipinski definition) is 0. The quantitative estimate of drug-likeness (QED) is 0.204. The Labute approximate surface area is 443 Å². The molecule has 49 heavy (non-hydrogen) atoms. The van der Waals surface area contributed by atoms with Crippen molar-refractivity contribution in [1.29, 1.82) is 0 Å². The molecule has 8 radical (unpaired) electrons. The topological polar surface area (TPSA) is 368 Å². The van der Waals surface area contributed by atoms with Gasteiger partial charge in [0.05, 0.1) is 0 Å². The zero-order valence-corrected chi connectivity index (χ0v) is 58.5. The summed E-state index contributed by atoms with van der Waals surface area (Å²) >= 11 is 0. The van der Waals surface area contributed by atoms with E-state index < -0.39 is 0 Å². The van der Waals surface area contributed by atoms with E-state index in [1.165, 1.54) is 0 Å². The molecule has 0 saturated heterocycles. The monoisotopic (exact) mass is 2160 g/mol. The first kappa shape index (κ1) is 6880. The van der Waals surface area contributed by atoms with Crippen LogP contribution in [0.25, 0.3) is 67.7 Å². The maximum absolute atomic E-state index is 0. The van der Waals surface area contributed by atoms with Crippen LogP contribution in [0.5, 0.6) is 0 Å². The van der Waals surface area contributed by atoms with E-state index in [0.717, 1.165) is 0 Å². The molecule has 0 amide bonds. The van der Waals surface area contributed by atoms with Crippen molar-refractivity contribution in [1.82, 2.24) is 0 Å². The maximum Gasteiger partial charge on any atom is 5.00 e. The van der Waals surface area contributed by atoms with Gasteiger partial charge in [0.15, 0.2) is 0 Å². The fraction of sp³-hybridized carbons (Fsp3) is 0.0333. The van der Waals surface area contributed by atoms with E-state index in [2.05, 4.69) is 0 Å². The Bertz CT molecular complexity index is 65.9. The van der Waals surface area contributed by atoms with Crippen molar-refractivity contribution >= 4 is 0 Å². The van der Waals surface area contributed by atoms with Crippen LogP contribution >= 0.6 is 0 Å². The second-order valence-electron chi connectivity index (χ2n) is 0. The van der Waals surface area contributed by atoms with Gasteiger partial charge in [0.2, 0.25) is 0 Å².